The first-order chi connectivity index (χ1) is 14.7. The fraction of sp³-hybridized carbons (Fsp3) is 0.320. The zero-order valence-corrected chi connectivity index (χ0v) is 16.8. The van der Waals surface area contributed by atoms with Crippen LogP contribution in [-0.2, 0) is 4.79 Å². The summed E-state index contributed by atoms with van der Waals surface area (Å²) in [5.41, 5.74) is 1.73. The standard InChI is InChI=1S/C25H25NO4/c27-21-10-8-17-6-2-3-7-19(17)25(21)20(15-24(28)26-12-4-1-5-13-26)18-9-11-22-23(14-18)30-16-29-22/h2-3,6-11,14,20,27H,1,4-5,12-13,15-16H2. The molecule has 0 saturated carbocycles. The van der Waals surface area contributed by atoms with Gasteiger partial charge in [0, 0.05) is 31.0 Å². The first-order valence-electron chi connectivity index (χ1n) is 10.6. The number of piperidine rings is 1. The molecule has 0 aromatic heterocycles. The van der Waals surface area contributed by atoms with Crippen molar-refractivity contribution in [1.82, 2.24) is 4.90 Å². The molecule has 5 rings (SSSR count). The lowest BCUT2D eigenvalue weighted by Gasteiger charge is -2.29. The van der Waals surface area contributed by atoms with Crippen molar-refractivity contribution < 1.29 is 19.4 Å². The Labute approximate surface area is 175 Å². The third-order valence-electron chi connectivity index (χ3n) is 6.18. The van der Waals surface area contributed by atoms with Gasteiger partial charge in [0.05, 0.1) is 0 Å². The van der Waals surface area contributed by atoms with Gasteiger partial charge >= 0.3 is 0 Å². The number of phenols is 1. The molecule has 5 heteroatoms. The molecule has 0 spiro atoms. The van der Waals surface area contributed by atoms with Crippen LogP contribution in [0.25, 0.3) is 10.8 Å². The van der Waals surface area contributed by atoms with Gasteiger partial charge in [0.2, 0.25) is 12.7 Å². The van der Waals surface area contributed by atoms with Crippen LogP contribution in [0.15, 0.2) is 54.6 Å². The molecule has 2 aliphatic heterocycles. The number of phenolic OH excluding ortho intramolecular Hbond substituents is 1. The number of hydrogen-bond donors (Lipinski definition) is 1. The van der Waals surface area contributed by atoms with Crippen LogP contribution < -0.4 is 9.47 Å². The van der Waals surface area contributed by atoms with Crippen LogP contribution in [0.5, 0.6) is 17.2 Å². The predicted molar refractivity (Wildman–Crippen MR) is 115 cm³/mol. The van der Waals surface area contributed by atoms with E-state index in [1.54, 1.807) is 6.07 Å². The second-order valence-electron chi connectivity index (χ2n) is 8.03. The monoisotopic (exact) mass is 403 g/mol. The molecule has 1 saturated heterocycles. The number of ether oxygens (including phenoxy) is 2. The number of aromatic hydroxyl groups is 1. The minimum Gasteiger partial charge on any atom is -0.508 e. The van der Waals surface area contributed by atoms with Crippen molar-refractivity contribution in [2.24, 2.45) is 0 Å². The average molecular weight is 403 g/mol. The molecule has 2 aliphatic rings. The molecular formula is C25H25NO4. The Morgan fingerprint density at radius 3 is 2.63 bits per heavy atom. The molecule has 3 aromatic carbocycles. The van der Waals surface area contributed by atoms with Gasteiger partial charge in [0.1, 0.15) is 5.75 Å². The van der Waals surface area contributed by atoms with Gasteiger partial charge in [-0.15, -0.1) is 0 Å². The first-order valence-corrected chi connectivity index (χ1v) is 10.6. The smallest absolute Gasteiger partial charge is 0.231 e. The lowest BCUT2D eigenvalue weighted by molar-refractivity contribution is -0.132. The number of carbonyl (C=O) groups is 1. The van der Waals surface area contributed by atoms with E-state index in [1.165, 1.54) is 6.42 Å². The Morgan fingerprint density at radius 2 is 1.77 bits per heavy atom. The van der Waals surface area contributed by atoms with E-state index in [1.807, 2.05) is 53.4 Å². The number of likely N-dealkylation sites (tertiary alicyclic amines) is 1. The van der Waals surface area contributed by atoms with E-state index in [0.717, 1.165) is 47.8 Å². The summed E-state index contributed by atoms with van der Waals surface area (Å²) < 4.78 is 11.0. The van der Waals surface area contributed by atoms with Gasteiger partial charge in [0.15, 0.2) is 11.5 Å². The van der Waals surface area contributed by atoms with Gasteiger partial charge in [-0.05, 0) is 53.8 Å². The minimum atomic E-state index is -0.278. The van der Waals surface area contributed by atoms with E-state index in [9.17, 15) is 9.90 Å². The number of nitrogens with zero attached hydrogens (tertiary/aromatic N) is 1. The fourth-order valence-electron chi connectivity index (χ4n) is 4.61. The summed E-state index contributed by atoms with van der Waals surface area (Å²) in [5.74, 6) is 1.46. The molecule has 1 N–H and O–H groups in total. The molecule has 0 bridgehead atoms. The van der Waals surface area contributed by atoms with E-state index in [-0.39, 0.29) is 24.4 Å². The highest BCUT2D eigenvalue weighted by Crippen LogP contribution is 2.42. The Kier molecular flexibility index (Phi) is 4.95. The minimum absolute atomic E-state index is 0.129. The summed E-state index contributed by atoms with van der Waals surface area (Å²) in [6.07, 6.45) is 3.60. The lowest BCUT2D eigenvalue weighted by atomic mass is 9.84. The van der Waals surface area contributed by atoms with Crippen molar-refractivity contribution in [3.63, 3.8) is 0 Å². The molecule has 0 radical (unpaired) electrons. The van der Waals surface area contributed by atoms with Gasteiger partial charge in [-0.3, -0.25) is 4.79 Å². The van der Waals surface area contributed by atoms with Gasteiger partial charge < -0.3 is 19.5 Å². The van der Waals surface area contributed by atoms with Crippen molar-refractivity contribution >= 4 is 16.7 Å². The van der Waals surface area contributed by atoms with E-state index >= 15 is 0 Å². The quantitative estimate of drug-likeness (QED) is 0.679. The van der Waals surface area contributed by atoms with Gasteiger partial charge in [0.25, 0.3) is 0 Å². The summed E-state index contributed by atoms with van der Waals surface area (Å²) >= 11 is 0. The Morgan fingerprint density at radius 1 is 0.967 bits per heavy atom. The van der Waals surface area contributed by atoms with Gasteiger partial charge in [-0.2, -0.15) is 0 Å². The molecule has 0 aliphatic carbocycles. The number of benzene rings is 3. The van der Waals surface area contributed by atoms with Crippen molar-refractivity contribution in [2.45, 2.75) is 31.6 Å². The summed E-state index contributed by atoms with van der Waals surface area (Å²) in [7, 11) is 0. The number of carbonyl (C=O) groups excluding carboxylic acids is 1. The van der Waals surface area contributed by atoms with E-state index in [2.05, 4.69) is 0 Å². The first kappa shape index (κ1) is 18.8. The molecule has 1 unspecified atom stereocenters. The molecule has 5 nitrogen and oxygen atoms in total. The largest absolute Gasteiger partial charge is 0.508 e. The maximum absolute atomic E-state index is 13.2. The summed E-state index contributed by atoms with van der Waals surface area (Å²) in [6, 6.07) is 17.4. The molecular weight excluding hydrogens is 378 g/mol. The lowest BCUT2D eigenvalue weighted by Crippen LogP contribution is -2.36. The van der Waals surface area contributed by atoms with Gasteiger partial charge in [-0.1, -0.05) is 36.4 Å². The molecule has 154 valence electrons. The molecule has 1 fully saturated rings. The second kappa shape index (κ2) is 7.90. The maximum atomic E-state index is 13.2. The van der Waals surface area contributed by atoms with E-state index in [0.29, 0.717) is 17.9 Å². The number of fused-ring (bicyclic) bond motifs is 2. The summed E-state index contributed by atoms with van der Waals surface area (Å²) in [5, 5.41) is 12.9. The number of hydrogen-bond acceptors (Lipinski definition) is 4. The predicted octanol–water partition coefficient (Wildman–Crippen LogP) is 4.81. The van der Waals surface area contributed by atoms with Crippen LogP contribution in [0.4, 0.5) is 0 Å². The highest BCUT2D eigenvalue weighted by molar-refractivity contribution is 5.90. The molecule has 1 amide bonds. The zero-order valence-electron chi connectivity index (χ0n) is 16.8. The third-order valence-corrected chi connectivity index (χ3v) is 6.18. The maximum Gasteiger partial charge on any atom is 0.231 e. The molecule has 1 atom stereocenters. The number of amides is 1. The van der Waals surface area contributed by atoms with Crippen LogP contribution in [0, 0.1) is 0 Å². The SMILES string of the molecule is O=C(CC(c1ccc2c(c1)OCO2)c1c(O)ccc2ccccc12)N1CCCCC1. The van der Waals surface area contributed by atoms with Gasteiger partial charge in [-0.25, -0.2) is 0 Å². The van der Waals surface area contributed by atoms with E-state index < -0.39 is 0 Å². The Balaban J connectivity index is 1.60. The summed E-state index contributed by atoms with van der Waals surface area (Å²) in [4.78, 5) is 15.2. The van der Waals surface area contributed by atoms with Crippen LogP contribution in [0.1, 0.15) is 42.7 Å². The third kappa shape index (κ3) is 3.45. The normalized spacial score (nSPS) is 16.6. The van der Waals surface area contributed by atoms with E-state index in [4.69, 9.17) is 9.47 Å². The average Bonchev–Trinajstić information content (AvgIpc) is 3.26. The topological polar surface area (TPSA) is 59.0 Å². The fourth-order valence-corrected chi connectivity index (χ4v) is 4.61. The molecule has 30 heavy (non-hydrogen) atoms. The van der Waals surface area contributed by atoms with Crippen LogP contribution >= 0.6 is 0 Å². The molecule has 2 heterocycles. The highest BCUT2D eigenvalue weighted by Gasteiger charge is 2.28. The van der Waals surface area contributed by atoms with Crippen molar-refractivity contribution in [3.05, 3.63) is 65.7 Å². The van der Waals surface area contributed by atoms with Crippen LogP contribution in [-0.4, -0.2) is 35.8 Å². The van der Waals surface area contributed by atoms with Crippen LogP contribution in [0.2, 0.25) is 0 Å². The second-order valence-corrected chi connectivity index (χ2v) is 8.03. The Bertz CT molecular complexity index is 1090. The van der Waals surface area contributed by atoms with Crippen molar-refractivity contribution in [3.8, 4) is 17.2 Å². The van der Waals surface area contributed by atoms with Crippen molar-refractivity contribution in [2.75, 3.05) is 19.9 Å². The zero-order chi connectivity index (χ0) is 20.5. The summed E-state index contributed by atoms with van der Waals surface area (Å²) in [6.45, 7) is 1.83. The number of rotatable bonds is 4. The van der Waals surface area contributed by atoms with Crippen molar-refractivity contribution in [1.29, 1.82) is 0 Å². The highest BCUT2D eigenvalue weighted by atomic mass is 16.7. The van der Waals surface area contributed by atoms with Crippen LogP contribution in [0.3, 0.4) is 0 Å². The molecule has 3 aromatic rings. The Hall–Kier alpha value is -3.21.